The van der Waals surface area contributed by atoms with Gasteiger partial charge in [-0.15, -0.1) is 6.42 Å². The molecular weight excluding hydrogens is 268 g/mol. The molecule has 2 rings (SSSR count). The molecule has 1 saturated heterocycles. The van der Waals surface area contributed by atoms with Crippen LogP contribution in [-0.4, -0.2) is 55.0 Å². The van der Waals surface area contributed by atoms with Crippen LogP contribution in [0.3, 0.4) is 0 Å². The number of anilines is 1. The van der Waals surface area contributed by atoms with Crippen LogP contribution in [0, 0.1) is 12.3 Å². The fraction of sp³-hybridized carbons (Fsp3) is 0.455. The highest BCUT2D eigenvalue weighted by Gasteiger charge is 2.55. The lowest BCUT2D eigenvalue weighted by Crippen LogP contribution is -2.50. The zero-order chi connectivity index (χ0) is 14.9. The standard InChI is InChI=1S/C11H14N4O5/c1-2-11(9(18)8(17)6(5-16)20-11)15-4-3-7(12)13-10(15)14-19/h1,3-4,6,8-9,16-19H,5H2,(H2,12,13,14)/t6-,8-,9-,11-/m1/s1. The van der Waals surface area contributed by atoms with Crippen molar-refractivity contribution in [3.8, 4) is 12.3 Å². The van der Waals surface area contributed by atoms with Crippen molar-refractivity contribution in [1.29, 1.82) is 0 Å². The predicted molar refractivity (Wildman–Crippen MR) is 64.8 cm³/mol. The van der Waals surface area contributed by atoms with Gasteiger partial charge in [-0.3, -0.25) is 4.57 Å². The number of nitrogen functional groups attached to an aromatic ring is 1. The van der Waals surface area contributed by atoms with Gasteiger partial charge in [0.25, 0.3) is 5.62 Å². The first-order chi connectivity index (χ1) is 9.50. The Labute approximate surface area is 113 Å². The molecule has 2 heterocycles. The summed E-state index contributed by atoms with van der Waals surface area (Å²) >= 11 is 0. The van der Waals surface area contributed by atoms with E-state index in [0.29, 0.717) is 0 Å². The lowest BCUT2D eigenvalue weighted by molar-refractivity contribution is -0.108. The molecule has 1 aromatic rings. The summed E-state index contributed by atoms with van der Waals surface area (Å²) in [5, 5.41) is 40.9. The van der Waals surface area contributed by atoms with E-state index in [-0.39, 0.29) is 11.4 Å². The summed E-state index contributed by atoms with van der Waals surface area (Å²) in [4.78, 5) is 3.73. The molecule has 0 bridgehead atoms. The number of terminal acetylenes is 1. The monoisotopic (exact) mass is 282 g/mol. The molecule has 0 unspecified atom stereocenters. The van der Waals surface area contributed by atoms with Gasteiger partial charge in [0.1, 0.15) is 24.1 Å². The Balaban J connectivity index is 2.62. The smallest absolute Gasteiger partial charge is 0.271 e. The Bertz CT molecular complexity index is 610. The van der Waals surface area contributed by atoms with Gasteiger partial charge in [-0.25, -0.2) is 0 Å². The van der Waals surface area contributed by atoms with Gasteiger partial charge in [-0.2, -0.15) is 4.98 Å². The van der Waals surface area contributed by atoms with Crippen LogP contribution in [0.4, 0.5) is 5.82 Å². The van der Waals surface area contributed by atoms with Crippen LogP contribution >= 0.6 is 0 Å². The Morgan fingerprint density at radius 3 is 2.80 bits per heavy atom. The summed E-state index contributed by atoms with van der Waals surface area (Å²) in [5.74, 6) is 2.26. The number of ether oxygens (including phenoxy) is 1. The van der Waals surface area contributed by atoms with Gasteiger partial charge in [0, 0.05) is 6.20 Å². The third kappa shape index (κ3) is 1.91. The molecule has 1 aliphatic rings. The average Bonchev–Trinajstić information content (AvgIpc) is 2.72. The Morgan fingerprint density at radius 1 is 1.60 bits per heavy atom. The quantitative estimate of drug-likeness (QED) is 0.223. The molecule has 0 aliphatic carbocycles. The molecule has 0 spiro atoms. The van der Waals surface area contributed by atoms with Gasteiger partial charge in [0.15, 0.2) is 0 Å². The van der Waals surface area contributed by atoms with Crippen molar-refractivity contribution in [2.24, 2.45) is 5.16 Å². The van der Waals surface area contributed by atoms with Crippen LogP contribution in [-0.2, 0) is 10.5 Å². The van der Waals surface area contributed by atoms with E-state index >= 15 is 0 Å². The second-order valence-corrected chi connectivity index (χ2v) is 4.24. The minimum absolute atomic E-state index is 0.0629. The zero-order valence-corrected chi connectivity index (χ0v) is 10.3. The predicted octanol–water partition coefficient (Wildman–Crippen LogP) is -2.85. The van der Waals surface area contributed by atoms with Crippen LogP contribution in [0.5, 0.6) is 0 Å². The number of hydrogen-bond donors (Lipinski definition) is 5. The molecule has 108 valence electrons. The normalized spacial score (nSPS) is 34.1. The molecule has 1 fully saturated rings. The highest BCUT2D eigenvalue weighted by atomic mass is 16.6. The van der Waals surface area contributed by atoms with Crippen molar-refractivity contribution in [2.45, 2.75) is 24.0 Å². The number of aliphatic hydroxyl groups excluding tert-OH is 3. The maximum atomic E-state index is 10.1. The molecule has 0 saturated carbocycles. The maximum Gasteiger partial charge on any atom is 0.271 e. The van der Waals surface area contributed by atoms with Crippen LogP contribution in [0.25, 0.3) is 0 Å². The van der Waals surface area contributed by atoms with E-state index in [9.17, 15) is 10.2 Å². The summed E-state index contributed by atoms with van der Waals surface area (Å²) < 4.78 is 6.41. The molecule has 4 atom stereocenters. The first kappa shape index (κ1) is 14.3. The first-order valence-corrected chi connectivity index (χ1v) is 5.66. The summed E-state index contributed by atoms with van der Waals surface area (Å²) in [7, 11) is 0. The SMILES string of the molecule is C#C[C@@]1(n2ccc(N)n/c2=N\O)O[C@H](CO)[C@@H](O)[C@H]1O. The third-order valence-electron chi connectivity index (χ3n) is 3.11. The van der Waals surface area contributed by atoms with Gasteiger partial charge >= 0.3 is 0 Å². The van der Waals surface area contributed by atoms with E-state index in [2.05, 4.69) is 16.1 Å². The molecule has 20 heavy (non-hydrogen) atoms. The number of hydrogen-bond acceptors (Lipinski definition) is 8. The molecular formula is C11H14N4O5. The fourth-order valence-corrected chi connectivity index (χ4v) is 2.09. The zero-order valence-electron chi connectivity index (χ0n) is 10.3. The third-order valence-corrected chi connectivity index (χ3v) is 3.11. The van der Waals surface area contributed by atoms with E-state index in [4.69, 9.17) is 27.2 Å². The van der Waals surface area contributed by atoms with Crippen LogP contribution in [0.15, 0.2) is 17.4 Å². The lowest BCUT2D eigenvalue weighted by Gasteiger charge is -2.28. The van der Waals surface area contributed by atoms with Crippen molar-refractivity contribution in [3.63, 3.8) is 0 Å². The lowest BCUT2D eigenvalue weighted by atomic mass is 10.0. The molecule has 9 heteroatoms. The Kier molecular flexibility index (Phi) is 3.65. The van der Waals surface area contributed by atoms with E-state index in [0.717, 1.165) is 4.57 Å². The van der Waals surface area contributed by atoms with E-state index in [1.165, 1.54) is 12.3 Å². The fourth-order valence-electron chi connectivity index (χ4n) is 2.09. The Hall–Kier alpha value is -2.12. The number of nitrogens with two attached hydrogens (primary N) is 1. The topological polar surface area (TPSA) is 146 Å². The van der Waals surface area contributed by atoms with Crippen LogP contribution in [0.2, 0.25) is 0 Å². The minimum atomic E-state index is -1.87. The van der Waals surface area contributed by atoms with Crippen molar-refractivity contribution < 1.29 is 25.3 Å². The first-order valence-electron chi connectivity index (χ1n) is 5.66. The molecule has 1 aliphatic heterocycles. The molecule has 1 aromatic heterocycles. The number of aromatic nitrogens is 2. The van der Waals surface area contributed by atoms with E-state index in [1.807, 2.05) is 0 Å². The van der Waals surface area contributed by atoms with E-state index < -0.39 is 30.6 Å². The summed E-state index contributed by atoms with van der Waals surface area (Å²) in [5.41, 5.74) is 3.28. The van der Waals surface area contributed by atoms with Crippen LogP contribution in [0.1, 0.15) is 0 Å². The van der Waals surface area contributed by atoms with Gasteiger partial charge in [0.05, 0.1) is 6.61 Å². The van der Waals surface area contributed by atoms with Crippen molar-refractivity contribution in [1.82, 2.24) is 9.55 Å². The highest BCUT2D eigenvalue weighted by molar-refractivity contribution is 5.25. The molecule has 0 aromatic carbocycles. The van der Waals surface area contributed by atoms with Gasteiger partial charge in [-0.1, -0.05) is 0 Å². The number of rotatable bonds is 2. The second kappa shape index (κ2) is 5.10. The van der Waals surface area contributed by atoms with Crippen molar-refractivity contribution in [2.75, 3.05) is 12.3 Å². The average molecular weight is 282 g/mol. The number of aliphatic hydroxyl groups is 3. The molecule has 9 nitrogen and oxygen atoms in total. The number of nitrogens with zero attached hydrogens (tertiary/aromatic N) is 3. The van der Waals surface area contributed by atoms with Gasteiger partial charge < -0.3 is 31.0 Å². The maximum absolute atomic E-state index is 10.1. The molecule has 6 N–H and O–H groups in total. The van der Waals surface area contributed by atoms with Gasteiger partial charge in [0.2, 0.25) is 5.72 Å². The van der Waals surface area contributed by atoms with E-state index in [1.54, 1.807) is 0 Å². The molecule has 0 amide bonds. The van der Waals surface area contributed by atoms with Crippen LogP contribution < -0.4 is 11.4 Å². The summed E-state index contributed by atoms with van der Waals surface area (Å²) in [6, 6.07) is 1.35. The molecule has 0 radical (unpaired) electrons. The second-order valence-electron chi connectivity index (χ2n) is 4.24. The van der Waals surface area contributed by atoms with Gasteiger partial charge in [-0.05, 0) is 17.1 Å². The minimum Gasteiger partial charge on any atom is -0.408 e. The van der Waals surface area contributed by atoms with Crippen molar-refractivity contribution >= 4 is 5.82 Å². The highest BCUT2D eigenvalue weighted by Crippen LogP contribution is 2.34. The summed E-state index contributed by atoms with van der Waals surface area (Å²) in [6.45, 7) is -0.545. The largest absolute Gasteiger partial charge is 0.408 e. The summed E-state index contributed by atoms with van der Waals surface area (Å²) in [6.07, 6.45) is 2.65. The Morgan fingerprint density at radius 2 is 2.30 bits per heavy atom. The van der Waals surface area contributed by atoms with Crippen molar-refractivity contribution in [3.05, 3.63) is 17.9 Å².